The number of para-hydroxylation sites is 2. The molecule has 9 heteroatoms. The van der Waals surface area contributed by atoms with Gasteiger partial charge in [-0.15, -0.1) is 0 Å². The summed E-state index contributed by atoms with van der Waals surface area (Å²) in [5.41, 5.74) is 0.848. The molecule has 4 aromatic rings. The maximum atomic E-state index is 13.5. The third kappa shape index (κ3) is 4.44. The maximum Gasteiger partial charge on any atom is 0.293 e. The number of nitro benzene ring substituents is 1. The first-order valence-corrected chi connectivity index (χ1v) is 10.9. The number of aromatic nitrogens is 2. The first-order valence-electron chi connectivity index (χ1n) is 9.79. The van der Waals surface area contributed by atoms with Crippen LogP contribution in [0.25, 0.3) is 28.7 Å². The molecule has 0 atom stereocenters. The number of nitrogens with zero attached hydrogens (tertiary/aromatic N) is 3. The predicted octanol–water partition coefficient (Wildman–Crippen LogP) is 5.09. The highest BCUT2D eigenvalue weighted by atomic mass is 127. The molecule has 0 bridgehead atoms. The normalized spacial score (nSPS) is 11.1. The van der Waals surface area contributed by atoms with Gasteiger partial charge in [-0.1, -0.05) is 24.3 Å². The van der Waals surface area contributed by atoms with Gasteiger partial charge in [-0.25, -0.2) is 4.98 Å². The SMILES string of the molecule is COc1ccc(C=Cc2nc3ccc(I)cc3c(=O)n2-c2ccccc2[N+](=O)[O-])cc1OC. The number of fused-ring (bicyclic) bond motifs is 1. The van der Waals surface area contributed by atoms with Gasteiger partial charge >= 0.3 is 0 Å². The van der Waals surface area contributed by atoms with Crippen molar-refractivity contribution in [3.8, 4) is 17.2 Å². The first-order chi connectivity index (χ1) is 15.9. The van der Waals surface area contributed by atoms with E-state index in [1.807, 2.05) is 12.1 Å². The lowest BCUT2D eigenvalue weighted by molar-refractivity contribution is -0.384. The van der Waals surface area contributed by atoms with Crippen LogP contribution in [0.15, 0.2) is 65.5 Å². The fraction of sp³-hybridized carbons (Fsp3) is 0.0833. The van der Waals surface area contributed by atoms with E-state index in [-0.39, 0.29) is 22.8 Å². The molecule has 3 aromatic carbocycles. The number of hydrogen-bond acceptors (Lipinski definition) is 6. The van der Waals surface area contributed by atoms with Crippen LogP contribution in [-0.2, 0) is 0 Å². The second kappa shape index (κ2) is 9.41. The summed E-state index contributed by atoms with van der Waals surface area (Å²) in [5, 5.41) is 12.0. The summed E-state index contributed by atoms with van der Waals surface area (Å²) in [6, 6.07) is 16.8. The maximum absolute atomic E-state index is 13.5. The predicted molar refractivity (Wildman–Crippen MR) is 135 cm³/mol. The number of halogens is 1. The average molecular weight is 555 g/mol. The zero-order chi connectivity index (χ0) is 23.5. The van der Waals surface area contributed by atoms with E-state index in [0.717, 1.165) is 9.13 Å². The molecule has 0 aliphatic rings. The zero-order valence-electron chi connectivity index (χ0n) is 17.7. The minimum Gasteiger partial charge on any atom is -0.493 e. The Hall–Kier alpha value is -3.73. The van der Waals surface area contributed by atoms with E-state index >= 15 is 0 Å². The van der Waals surface area contributed by atoms with Crippen molar-refractivity contribution in [2.45, 2.75) is 0 Å². The first kappa shape index (κ1) is 22.5. The van der Waals surface area contributed by atoms with E-state index in [9.17, 15) is 14.9 Å². The highest BCUT2D eigenvalue weighted by Gasteiger charge is 2.20. The van der Waals surface area contributed by atoms with Crippen LogP contribution in [0.5, 0.6) is 11.5 Å². The molecule has 33 heavy (non-hydrogen) atoms. The molecule has 0 saturated carbocycles. The van der Waals surface area contributed by atoms with Crippen LogP contribution in [0.4, 0.5) is 5.69 Å². The van der Waals surface area contributed by atoms with Crippen LogP contribution in [0.2, 0.25) is 0 Å². The summed E-state index contributed by atoms with van der Waals surface area (Å²) < 4.78 is 12.7. The van der Waals surface area contributed by atoms with Gasteiger partial charge in [0.25, 0.3) is 11.2 Å². The number of hydrogen-bond donors (Lipinski definition) is 0. The van der Waals surface area contributed by atoms with E-state index < -0.39 is 4.92 Å². The molecular weight excluding hydrogens is 537 g/mol. The fourth-order valence-corrected chi connectivity index (χ4v) is 3.95. The molecule has 0 fully saturated rings. The largest absolute Gasteiger partial charge is 0.493 e. The molecule has 0 aliphatic heterocycles. The van der Waals surface area contributed by atoms with Crippen molar-refractivity contribution < 1.29 is 14.4 Å². The highest BCUT2D eigenvalue weighted by Crippen LogP contribution is 2.29. The molecule has 4 rings (SSSR count). The number of rotatable bonds is 6. The quantitative estimate of drug-likeness (QED) is 0.187. The van der Waals surface area contributed by atoms with Crippen LogP contribution in [-0.4, -0.2) is 28.7 Å². The Kier molecular flexibility index (Phi) is 6.40. The standard InChI is InChI=1S/C24H18IN3O5/c1-32-21-11-7-15(13-22(21)33-2)8-12-23-26-18-10-9-16(25)14-17(18)24(29)27(23)19-5-3-4-6-20(19)28(30)31/h3-14H,1-2H3. The fourth-order valence-electron chi connectivity index (χ4n) is 3.45. The van der Waals surface area contributed by atoms with Gasteiger partial charge in [-0.2, -0.15) is 0 Å². The van der Waals surface area contributed by atoms with Gasteiger partial charge in [-0.3, -0.25) is 19.5 Å². The van der Waals surface area contributed by atoms with E-state index in [4.69, 9.17) is 9.47 Å². The lowest BCUT2D eigenvalue weighted by Crippen LogP contribution is -2.23. The van der Waals surface area contributed by atoms with Crippen molar-refractivity contribution in [1.82, 2.24) is 9.55 Å². The van der Waals surface area contributed by atoms with Gasteiger partial charge in [0.15, 0.2) is 11.5 Å². The summed E-state index contributed by atoms with van der Waals surface area (Å²) in [6.45, 7) is 0. The Bertz CT molecular complexity index is 1460. The summed E-state index contributed by atoms with van der Waals surface area (Å²) >= 11 is 2.11. The Morgan fingerprint density at radius 1 is 1.00 bits per heavy atom. The molecule has 0 unspecified atom stereocenters. The monoisotopic (exact) mass is 555 g/mol. The molecule has 0 aliphatic carbocycles. The molecule has 1 heterocycles. The second-order valence-corrected chi connectivity index (χ2v) is 8.21. The van der Waals surface area contributed by atoms with Crippen LogP contribution in [0.1, 0.15) is 11.4 Å². The minimum atomic E-state index is -0.511. The van der Waals surface area contributed by atoms with Crippen LogP contribution in [0, 0.1) is 13.7 Å². The summed E-state index contributed by atoms with van der Waals surface area (Å²) in [6.07, 6.45) is 3.41. The third-order valence-electron chi connectivity index (χ3n) is 5.01. The van der Waals surface area contributed by atoms with Gasteiger partial charge in [0.1, 0.15) is 11.5 Å². The van der Waals surface area contributed by atoms with Gasteiger partial charge in [0, 0.05) is 9.64 Å². The Balaban J connectivity index is 1.96. The van der Waals surface area contributed by atoms with Crippen molar-refractivity contribution in [3.05, 3.63) is 96.1 Å². The van der Waals surface area contributed by atoms with Gasteiger partial charge in [0.2, 0.25) is 0 Å². The third-order valence-corrected chi connectivity index (χ3v) is 5.68. The van der Waals surface area contributed by atoms with E-state index in [2.05, 4.69) is 27.6 Å². The van der Waals surface area contributed by atoms with Crippen molar-refractivity contribution in [1.29, 1.82) is 0 Å². The van der Waals surface area contributed by atoms with Crippen molar-refractivity contribution in [2.75, 3.05) is 14.2 Å². The Morgan fingerprint density at radius 2 is 1.76 bits per heavy atom. The number of ether oxygens (including phenoxy) is 2. The van der Waals surface area contributed by atoms with Gasteiger partial charge < -0.3 is 9.47 Å². The molecule has 0 amide bonds. The molecule has 0 saturated heterocycles. The van der Waals surface area contributed by atoms with Gasteiger partial charge in [-0.05, 0) is 70.6 Å². The molecule has 1 aromatic heterocycles. The van der Waals surface area contributed by atoms with E-state index in [1.54, 1.807) is 62.8 Å². The zero-order valence-corrected chi connectivity index (χ0v) is 19.8. The van der Waals surface area contributed by atoms with Crippen LogP contribution in [0.3, 0.4) is 0 Å². The molecule has 0 radical (unpaired) electrons. The molecule has 0 N–H and O–H groups in total. The van der Waals surface area contributed by atoms with Crippen LogP contribution >= 0.6 is 22.6 Å². The number of benzene rings is 3. The molecule has 166 valence electrons. The average Bonchev–Trinajstić information content (AvgIpc) is 2.83. The van der Waals surface area contributed by atoms with Crippen molar-refractivity contribution in [2.24, 2.45) is 0 Å². The summed E-state index contributed by atoms with van der Waals surface area (Å²) in [5.74, 6) is 1.40. The smallest absolute Gasteiger partial charge is 0.293 e. The highest BCUT2D eigenvalue weighted by molar-refractivity contribution is 14.1. The lowest BCUT2D eigenvalue weighted by Gasteiger charge is -2.12. The summed E-state index contributed by atoms with van der Waals surface area (Å²) in [4.78, 5) is 29.3. The van der Waals surface area contributed by atoms with Crippen molar-refractivity contribution in [3.63, 3.8) is 0 Å². The molecule has 0 spiro atoms. The summed E-state index contributed by atoms with van der Waals surface area (Å²) in [7, 11) is 3.10. The van der Waals surface area contributed by atoms with Crippen LogP contribution < -0.4 is 15.0 Å². The Morgan fingerprint density at radius 3 is 2.48 bits per heavy atom. The number of methoxy groups -OCH3 is 2. The topological polar surface area (TPSA) is 96.5 Å². The molecule has 8 nitrogen and oxygen atoms in total. The number of nitro groups is 1. The Labute approximate surface area is 202 Å². The van der Waals surface area contributed by atoms with E-state index in [1.165, 1.54) is 16.7 Å². The lowest BCUT2D eigenvalue weighted by atomic mass is 10.1. The minimum absolute atomic E-state index is 0.146. The van der Waals surface area contributed by atoms with E-state index in [0.29, 0.717) is 22.4 Å². The second-order valence-electron chi connectivity index (χ2n) is 6.97. The van der Waals surface area contributed by atoms with Crippen molar-refractivity contribution >= 4 is 51.3 Å². The van der Waals surface area contributed by atoms with Gasteiger partial charge in [0.05, 0.1) is 30.0 Å². The molecular formula is C24H18IN3O5.